The lowest BCUT2D eigenvalue weighted by Gasteiger charge is -2.42. The number of ether oxygens (including phenoxy) is 2. The van der Waals surface area contributed by atoms with E-state index in [-0.39, 0.29) is 5.91 Å². The van der Waals surface area contributed by atoms with Crippen LogP contribution in [0.2, 0.25) is 0 Å². The first-order chi connectivity index (χ1) is 14.4. The Balaban J connectivity index is 1.78. The Bertz CT molecular complexity index is 1190. The normalized spacial score (nSPS) is 14.3. The van der Waals surface area contributed by atoms with Gasteiger partial charge in [-0.1, -0.05) is 45.0 Å². The van der Waals surface area contributed by atoms with Gasteiger partial charge in [-0.15, -0.1) is 0 Å². The van der Waals surface area contributed by atoms with Gasteiger partial charge in [0.05, 0.1) is 30.3 Å². The van der Waals surface area contributed by atoms with Crippen LogP contribution in [0.1, 0.15) is 24.3 Å². The van der Waals surface area contributed by atoms with Gasteiger partial charge < -0.3 is 9.47 Å². The van der Waals surface area contributed by atoms with Crippen molar-refractivity contribution in [1.82, 2.24) is 0 Å². The quantitative estimate of drug-likeness (QED) is 0.255. The van der Waals surface area contributed by atoms with Crippen molar-refractivity contribution in [2.45, 2.75) is 19.4 Å². The van der Waals surface area contributed by atoms with Gasteiger partial charge in [0.1, 0.15) is 15.3 Å². The fourth-order valence-electron chi connectivity index (χ4n) is 3.69. The van der Waals surface area contributed by atoms with Crippen molar-refractivity contribution >= 4 is 50.6 Å². The highest BCUT2D eigenvalue weighted by molar-refractivity contribution is 7.80. The molecule has 0 unspecified atom stereocenters. The van der Waals surface area contributed by atoms with E-state index in [0.717, 1.165) is 42.6 Å². The molecule has 7 heteroatoms. The van der Waals surface area contributed by atoms with Crippen LogP contribution >= 0.6 is 32.9 Å². The minimum Gasteiger partial charge on any atom is -0.497 e. The molecule has 1 amide bonds. The summed E-state index contributed by atoms with van der Waals surface area (Å²) in [4.78, 5) is 16.4. The largest absolute Gasteiger partial charge is 0.497 e. The summed E-state index contributed by atoms with van der Waals surface area (Å²) in [6, 6.07) is 13.4. The number of fused-ring (bicyclic) bond motifs is 3. The predicted octanol–water partition coefficient (Wildman–Crippen LogP) is 6.52. The summed E-state index contributed by atoms with van der Waals surface area (Å²) in [5.41, 5.74) is 3.24. The van der Waals surface area contributed by atoms with Gasteiger partial charge in [0.2, 0.25) is 0 Å². The molecule has 0 saturated carbocycles. The smallest absolute Gasteiger partial charge is 0.251 e. The van der Waals surface area contributed by atoms with Crippen LogP contribution in [0.15, 0.2) is 48.5 Å². The summed E-state index contributed by atoms with van der Waals surface area (Å²) in [6.07, 6.45) is 3.44. The topological polar surface area (TPSA) is 38.8 Å². The monoisotopic (exact) mass is 455 g/mol. The summed E-state index contributed by atoms with van der Waals surface area (Å²) in [6.45, 7) is 4.13. The zero-order valence-corrected chi connectivity index (χ0v) is 19.5. The van der Waals surface area contributed by atoms with Crippen molar-refractivity contribution in [3.05, 3.63) is 62.8 Å². The van der Waals surface area contributed by atoms with E-state index < -0.39 is 5.54 Å². The second-order valence-corrected chi connectivity index (χ2v) is 10.2. The van der Waals surface area contributed by atoms with Gasteiger partial charge in [-0.2, -0.15) is 0 Å². The summed E-state index contributed by atoms with van der Waals surface area (Å²) in [7, 11) is 6.49. The van der Waals surface area contributed by atoms with Crippen LogP contribution in [-0.4, -0.2) is 20.1 Å². The number of rotatable bonds is 4. The van der Waals surface area contributed by atoms with E-state index in [0.29, 0.717) is 0 Å². The van der Waals surface area contributed by atoms with Crippen LogP contribution in [0.25, 0.3) is 17.2 Å². The van der Waals surface area contributed by atoms with Crippen LogP contribution in [0.3, 0.4) is 0 Å². The molecule has 0 spiro atoms. The molecule has 0 N–H and O–H groups in total. The Morgan fingerprint density at radius 3 is 2.37 bits per heavy atom. The van der Waals surface area contributed by atoms with Gasteiger partial charge in [-0.25, -0.2) is 0 Å². The maximum Gasteiger partial charge on any atom is 0.251 e. The number of amides is 1. The third-order valence-corrected chi connectivity index (χ3v) is 8.54. The maximum atomic E-state index is 13.4. The molecule has 4 nitrogen and oxygen atoms in total. The number of carbonyl (C=O) groups is 1. The maximum absolute atomic E-state index is 13.4. The first-order valence-electron chi connectivity index (χ1n) is 9.35. The molecule has 1 aromatic heterocycles. The minimum atomic E-state index is -0.517. The molecule has 0 radical (unpaired) electrons. The lowest BCUT2D eigenvalue weighted by Crippen LogP contribution is -2.47. The fraction of sp³-hybridized carbons (Fsp3) is 0.217. The average molecular weight is 456 g/mol. The Hall–Kier alpha value is -2.48. The summed E-state index contributed by atoms with van der Waals surface area (Å²) in [5.74, 6) is 1.44. The SMILES string of the molecule is COc1ccc(/C=C/C(=O)N2c3ccc(OC)cc3-c3c(ssc3=S)C2(C)C)cc1. The molecular weight excluding hydrogens is 434 g/mol. The zero-order chi connectivity index (χ0) is 21.5. The number of nitrogens with zero attached hydrogens (tertiary/aromatic N) is 1. The van der Waals surface area contributed by atoms with Crippen molar-refractivity contribution in [1.29, 1.82) is 0 Å². The number of benzene rings is 2. The van der Waals surface area contributed by atoms with Crippen molar-refractivity contribution in [2.75, 3.05) is 19.1 Å². The molecule has 2 aromatic carbocycles. The molecule has 2 heterocycles. The molecular formula is C23H21NO3S3. The lowest BCUT2D eigenvalue weighted by molar-refractivity contribution is -0.115. The molecule has 154 valence electrons. The molecule has 0 bridgehead atoms. The molecule has 1 aliphatic heterocycles. The lowest BCUT2D eigenvalue weighted by atomic mass is 9.87. The first kappa shape index (κ1) is 20.8. The van der Waals surface area contributed by atoms with Crippen LogP contribution in [0.4, 0.5) is 5.69 Å². The Labute approximate surface area is 188 Å². The highest BCUT2D eigenvalue weighted by Gasteiger charge is 2.42. The number of methoxy groups -OCH3 is 2. The molecule has 30 heavy (non-hydrogen) atoms. The van der Waals surface area contributed by atoms with E-state index in [4.69, 9.17) is 21.7 Å². The molecule has 4 rings (SSSR count). The summed E-state index contributed by atoms with van der Waals surface area (Å²) in [5, 5.41) is 0. The van der Waals surface area contributed by atoms with Crippen molar-refractivity contribution in [3.63, 3.8) is 0 Å². The Kier molecular flexibility index (Phi) is 5.53. The molecule has 3 aromatic rings. The minimum absolute atomic E-state index is 0.0859. The van der Waals surface area contributed by atoms with E-state index in [1.54, 1.807) is 41.0 Å². The molecule has 0 saturated heterocycles. The highest BCUT2D eigenvalue weighted by atomic mass is 32.9. The van der Waals surface area contributed by atoms with E-state index in [9.17, 15) is 4.79 Å². The van der Waals surface area contributed by atoms with Gasteiger partial charge in [-0.05, 0) is 55.8 Å². The Morgan fingerprint density at radius 1 is 1.03 bits per heavy atom. The van der Waals surface area contributed by atoms with Gasteiger partial charge >= 0.3 is 0 Å². The number of carbonyl (C=O) groups excluding carboxylic acids is 1. The van der Waals surface area contributed by atoms with Gasteiger partial charge in [0.15, 0.2) is 0 Å². The van der Waals surface area contributed by atoms with E-state index in [1.165, 1.54) is 0 Å². The second kappa shape index (κ2) is 7.98. The van der Waals surface area contributed by atoms with Crippen molar-refractivity contribution < 1.29 is 14.3 Å². The summed E-state index contributed by atoms with van der Waals surface area (Å²) < 4.78 is 11.5. The predicted molar refractivity (Wildman–Crippen MR) is 128 cm³/mol. The van der Waals surface area contributed by atoms with Gasteiger partial charge in [0.25, 0.3) is 5.91 Å². The standard InChI is InChI=1S/C23H21NO3S3/c1-23(2)21-20(22(28)30-29-21)17-13-16(27-4)10-11-18(17)24(23)19(25)12-7-14-5-8-15(26-3)9-6-14/h5-13H,1-4H3/b12-7+. The van der Waals surface area contributed by atoms with Crippen LogP contribution in [0.5, 0.6) is 11.5 Å². The molecule has 0 fully saturated rings. The van der Waals surface area contributed by atoms with Crippen molar-refractivity contribution in [2.24, 2.45) is 0 Å². The number of hydrogen-bond donors (Lipinski definition) is 0. The van der Waals surface area contributed by atoms with Crippen molar-refractivity contribution in [3.8, 4) is 22.6 Å². The van der Waals surface area contributed by atoms with Crippen LogP contribution in [-0.2, 0) is 10.3 Å². The third kappa shape index (κ3) is 3.47. The number of anilines is 1. The molecule has 0 atom stereocenters. The summed E-state index contributed by atoms with van der Waals surface area (Å²) >= 11 is 5.63. The van der Waals surface area contributed by atoms with Crippen LogP contribution in [0, 0.1) is 3.82 Å². The second-order valence-electron chi connectivity index (χ2n) is 7.38. The van der Waals surface area contributed by atoms with Gasteiger partial charge in [0, 0.05) is 17.2 Å². The zero-order valence-electron chi connectivity index (χ0n) is 17.1. The van der Waals surface area contributed by atoms with E-state index in [1.807, 2.05) is 53.4 Å². The van der Waals surface area contributed by atoms with E-state index in [2.05, 4.69) is 13.8 Å². The molecule has 1 aliphatic rings. The molecule has 0 aliphatic carbocycles. The van der Waals surface area contributed by atoms with E-state index >= 15 is 0 Å². The fourth-order valence-corrected chi connectivity index (χ4v) is 6.97. The van der Waals surface area contributed by atoms with Crippen LogP contribution < -0.4 is 14.4 Å². The highest BCUT2D eigenvalue weighted by Crippen LogP contribution is 2.52. The third-order valence-electron chi connectivity index (χ3n) is 5.22. The van der Waals surface area contributed by atoms with Gasteiger partial charge in [-0.3, -0.25) is 9.69 Å². The average Bonchev–Trinajstić information content (AvgIpc) is 3.15. The first-order valence-corrected chi connectivity index (χ1v) is 11.9. The Morgan fingerprint density at radius 2 is 1.70 bits per heavy atom. The number of hydrogen-bond acceptors (Lipinski definition) is 6.